The largest absolute Gasteiger partial charge is 0.391 e. The molecule has 3 rings (SSSR count). The second-order valence-corrected chi connectivity index (χ2v) is 5.62. The Labute approximate surface area is 127 Å². The van der Waals surface area contributed by atoms with Crippen molar-refractivity contribution >= 4 is 29.5 Å². The molecule has 0 radical (unpaired) electrons. The molecule has 2 N–H and O–H groups in total. The molecule has 2 aliphatic rings. The van der Waals surface area contributed by atoms with Crippen LogP contribution in [0, 0.1) is 0 Å². The third-order valence-electron chi connectivity index (χ3n) is 3.64. The van der Waals surface area contributed by atoms with Crippen LogP contribution in [-0.4, -0.2) is 47.5 Å². The van der Waals surface area contributed by atoms with Gasteiger partial charge in [0.05, 0.1) is 12.4 Å². The van der Waals surface area contributed by atoms with Gasteiger partial charge in [-0.15, -0.1) is 0 Å². The number of carbonyl (C=O) groups excluding carboxylic acids is 1. The Bertz CT molecular complexity index is 615. The molecule has 1 fully saturated rings. The summed E-state index contributed by atoms with van der Waals surface area (Å²) in [5.41, 5.74) is 1.72. The van der Waals surface area contributed by atoms with E-state index in [1.807, 2.05) is 18.2 Å². The van der Waals surface area contributed by atoms with Crippen LogP contribution in [0.25, 0.3) is 5.70 Å². The first-order chi connectivity index (χ1) is 10.1. The molecule has 5 nitrogen and oxygen atoms in total. The van der Waals surface area contributed by atoms with Crippen molar-refractivity contribution in [3.8, 4) is 0 Å². The molecule has 0 bridgehead atoms. The Hall–Kier alpha value is -1.85. The first kappa shape index (κ1) is 14.1. The third-order valence-corrected chi connectivity index (χ3v) is 3.88. The lowest BCUT2D eigenvalue weighted by Crippen LogP contribution is -2.38. The van der Waals surface area contributed by atoms with Gasteiger partial charge in [0.2, 0.25) is 0 Å². The Kier molecular flexibility index (Phi) is 3.94. The lowest BCUT2D eigenvalue weighted by atomic mass is 10.1. The summed E-state index contributed by atoms with van der Waals surface area (Å²) in [6.07, 6.45) is 3.53. The van der Waals surface area contributed by atoms with Gasteiger partial charge in [0.25, 0.3) is 5.91 Å². The number of β-amino-alcohol motifs (C(OH)–C–C–N with tert-alkyl or cyclic N) is 1. The summed E-state index contributed by atoms with van der Waals surface area (Å²) in [6, 6.07) is 6.87. The number of nitrogens with zero attached hydrogens (tertiary/aromatic N) is 2. The zero-order valence-corrected chi connectivity index (χ0v) is 12.1. The summed E-state index contributed by atoms with van der Waals surface area (Å²) in [5.74, 6) is -0.0798. The Morgan fingerprint density at radius 1 is 1.48 bits per heavy atom. The minimum absolute atomic E-state index is 0.0798. The average molecular weight is 306 g/mol. The number of aliphatic imine (C=N–C) groups is 1. The maximum Gasteiger partial charge on any atom is 0.251 e. The van der Waals surface area contributed by atoms with E-state index in [0.29, 0.717) is 24.5 Å². The van der Waals surface area contributed by atoms with E-state index in [9.17, 15) is 9.90 Å². The van der Waals surface area contributed by atoms with Crippen LogP contribution >= 0.6 is 11.6 Å². The molecule has 0 spiro atoms. The zero-order valence-electron chi connectivity index (χ0n) is 11.4. The van der Waals surface area contributed by atoms with Crippen LogP contribution < -0.4 is 5.32 Å². The fourth-order valence-electron chi connectivity index (χ4n) is 2.54. The quantitative estimate of drug-likeness (QED) is 0.865. The molecular formula is C15H16ClN3O2. The molecule has 1 unspecified atom stereocenters. The Morgan fingerprint density at radius 3 is 3.05 bits per heavy atom. The van der Waals surface area contributed by atoms with Gasteiger partial charge in [-0.25, -0.2) is 0 Å². The van der Waals surface area contributed by atoms with Crippen LogP contribution in [0.3, 0.4) is 0 Å². The van der Waals surface area contributed by atoms with E-state index in [1.165, 1.54) is 6.34 Å². The molecule has 2 atom stereocenters. The molecule has 0 aliphatic carbocycles. The van der Waals surface area contributed by atoms with Crippen molar-refractivity contribution in [3.63, 3.8) is 0 Å². The smallest absolute Gasteiger partial charge is 0.251 e. The highest BCUT2D eigenvalue weighted by Gasteiger charge is 2.29. The zero-order chi connectivity index (χ0) is 14.8. The third kappa shape index (κ3) is 3.09. The van der Waals surface area contributed by atoms with Crippen molar-refractivity contribution in [2.24, 2.45) is 4.99 Å². The van der Waals surface area contributed by atoms with Gasteiger partial charge in [0.15, 0.2) is 6.04 Å². The number of hydrogen-bond acceptors (Lipinski definition) is 4. The SMILES string of the molecule is O=C(C1C=C(c2cccc(Cl)c2)NC=N1)N1CC[C@@H](O)C1. The van der Waals surface area contributed by atoms with E-state index in [2.05, 4.69) is 10.3 Å². The first-order valence-electron chi connectivity index (χ1n) is 6.86. The Morgan fingerprint density at radius 2 is 2.33 bits per heavy atom. The summed E-state index contributed by atoms with van der Waals surface area (Å²) in [7, 11) is 0. The molecule has 6 heteroatoms. The van der Waals surface area contributed by atoms with Gasteiger partial charge in [-0.3, -0.25) is 9.79 Å². The number of hydrogen-bond donors (Lipinski definition) is 2. The molecule has 2 aliphatic heterocycles. The van der Waals surface area contributed by atoms with Crippen LogP contribution in [0.15, 0.2) is 35.3 Å². The second-order valence-electron chi connectivity index (χ2n) is 5.18. The van der Waals surface area contributed by atoms with Crippen molar-refractivity contribution in [2.45, 2.75) is 18.6 Å². The average Bonchev–Trinajstić information content (AvgIpc) is 2.93. The summed E-state index contributed by atoms with van der Waals surface area (Å²) in [5, 5.41) is 13.2. The molecule has 1 saturated heterocycles. The number of likely N-dealkylation sites (tertiary alicyclic amines) is 1. The molecule has 0 aromatic heterocycles. The van der Waals surface area contributed by atoms with Gasteiger partial charge in [-0.05, 0) is 30.2 Å². The van der Waals surface area contributed by atoms with Gasteiger partial charge >= 0.3 is 0 Å². The molecule has 0 saturated carbocycles. The topological polar surface area (TPSA) is 64.9 Å². The minimum atomic E-state index is -0.550. The maximum atomic E-state index is 12.4. The molecule has 1 aromatic rings. The highest BCUT2D eigenvalue weighted by Crippen LogP contribution is 2.20. The fourth-order valence-corrected chi connectivity index (χ4v) is 2.73. The van der Waals surface area contributed by atoms with Crippen molar-refractivity contribution in [2.75, 3.05) is 13.1 Å². The second kappa shape index (κ2) is 5.87. The molecule has 1 aromatic carbocycles. The van der Waals surface area contributed by atoms with E-state index in [4.69, 9.17) is 11.6 Å². The number of carbonyl (C=O) groups is 1. The van der Waals surface area contributed by atoms with Crippen LogP contribution in [0.4, 0.5) is 0 Å². The normalized spacial score (nSPS) is 24.7. The number of amides is 1. The van der Waals surface area contributed by atoms with Crippen molar-refractivity contribution < 1.29 is 9.90 Å². The lowest BCUT2D eigenvalue weighted by Gasteiger charge is -2.22. The number of halogens is 1. The van der Waals surface area contributed by atoms with Gasteiger partial charge in [0.1, 0.15) is 0 Å². The van der Waals surface area contributed by atoms with Gasteiger partial charge in [0, 0.05) is 23.8 Å². The Balaban J connectivity index is 1.79. The van der Waals surface area contributed by atoms with Gasteiger partial charge < -0.3 is 15.3 Å². The molecule has 110 valence electrons. The van der Waals surface area contributed by atoms with E-state index in [0.717, 1.165) is 11.3 Å². The van der Waals surface area contributed by atoms with Crippen molar-refractivity contribution in [1.29, 1.82) is 0 Å². The van der Waals surface area contributed by atoms with Crippen molar-refractivity contribution in [1.82, 2.24) is 10.2 Å². The van der Waals surface area contributed by atoms with Crippen LogP contribution in [0.5, 0.6) is 0 Å². The fraction of sp³-hybridized carbons (Fsp3) is 0.333. The number of aliphatic hydroxyl groups excluding tert-OH is 1. The minimum Gasteiger partial charge on any atom is -0.391 e. The predicted octanol–water partition coefficient (Wildman–Crippen LogP) is 1.27. The monoisotopic (exact) mass is 305 g/mol. The lowest BCUT2D eigenvalue weighted by molar-refractivity contribution is -0.130. The van der Waals surface area contributed by atoms with E-state index < -0.39 is 12.1 Å². The van der Waals surface area contributed by atoms with Crippen LogP contribution in [0.2, 0.25) is 5.02 Å². The summed E-state index contributed by atoms with van der Waals surface area (Å²) in [4.78, 5) is 18.2. The highest BCUT2D eigenvalue weighted by atomic mass is 35.5. The van der Waals surface area contributed by atoms with Gasteiger partial charge in [-0.2, -0.15) is 0 Å². The first-order valence-corrected chi connectivity index (χ1v) is 7.24. The van der Waals surface area contributed by atoms with E-state index >= 15 is 0 Å². The predicted molar refractivity (Wildman–Crippen MR) is 82.0 cm³/mol. The van der Waals surface area contributed by atoms with E-state index in [-0.39, 0.29) is 5.91 Å². The molecule has 1 amide bonds. The highest BCUT2D eigenvalue weighted by molar-refractivity contribution is 6.30. The standard InChI is InChI=1S/C15H16ClN3O2/c16-11-3-1-2-10(6-11)13-7-14(18-9-17-13)15(21)19-5-4-12(20)8-19/h1-3,6-7,9,12,14,20H,4-5,8H2,(H,17,18)/t12-,14?/m1/s1. The molecule has 2 heterocycles. The van der Waals surface area contributed by atoms with Crippen LogP contribution in [-0.2, 0) is 4.79 Å². The molecule has 21 heavy (non-hydrogen) atoms. The summed E-state index contributed by atoms with van der Waals surface area (Å²) in [6.45, 7) is 0.971. The van der Waals surface area contributed by atoms with E-state index in [1.54, 1.807) is 17.0 Å². The number of rotatable bonds is 2. The van der Waals surface area contributed by atoms with Crippen molar-refractivity contribution in [3.05, 3.63) is 40.9 Å². The maximum absolute atomic E-state index is 12.4. The summed E-state index contributed by atoms with van der Waals surface area (Å²) >= 11 is 5.99. The van der Waals surface area contributed by atoms with Crippen LogP contribution in [0.1, 0.15) is 12.0 Å². The van der Waals surface area contributed by atoms with Gasteiger partial charge in [-0.1, -0.05) is 23.7 Å². The number of nitrogens with one attached hydrogen (secondary N) is 1. The number of benzene rings is 1. The summed E-state index contributed by atoms with van der Waals surface area (Å²) < 4.78 is 0. The number of aliphatic hydroxyl groups is 1. The molecular weight excluding hydrogens is 290 g/mol.